The molecule has 180 valence electrons. The Bertz CT molecular complexity index is 1030. The fraction of sp³-hybridized carbons (Fsp3) is 0.458. The molecule has 1 saturated carbocycles. The van der Waals surface area contributed by atoms with E-state index < -0.39 is 22.2 Å². The van der Waals surface area contributed by atoms with Gasteiger partial charge in [-0.15, -0.1) is 0 Å². The SMILES string of the molecule is CN(C)CCNC(=O)c1ccc(CN(C2CCCCC2F)S(=O)(=O)c2ccc(Cl)cc2)cc1. The molecule has 1 amide bonds. The van der Waals surface area contributed by atoms with Crippen molar-refractivity contribution >= 4 is 27.5 Å². The van der Waals surface area contributed by atoms with Crippen LogP contribution in [0.1, 0.15) is 41.6 Å². The normalized spacial score (nSPS) is 19.1. The monoisotopic (exact) mass is 495 g/mol. The molecule has 0 spiro atoms. The lowest BCUT2D eigenvalue weighted by molar-refractivity contribution is 0.0951. The Kier molecular flexibility index (Phi) is 8.87. The van der Waals surface area contributed by atoms with Crippen molar-refractivity contribution < 1.29 is 17.6 Å². The number of hydrogen-bond acceptors (Lipinski definition) is 4. The molecule has 2 unspecified atom stereocenters. The van der Waals surface area contributed by atoms with Crippen LogP contribution >= 0.6 is 11.6 Å². The molecule has 2 atom stereocenters. The summed E-state index contributed by atoms with van der Waals surface area (Å²) in [5.74, 6) is -0.190. The molecule has 3 rings (SSSR count). The summed E-state index contributed by atoms with van der Waals surface area (Å²) >= 11 is 5.93. The lowest BCUT2D eigenvalue weighted by atomic mass is 9.93. The summed E-state index contributed by atoms with van der Waals surface area (Å²) in [5.41, 5.74) is 1.18. The highest BCUT2D eigenvalue weighted by molar-refractivity contribution is 7.89. The number of nitrogens with one attached hydrogen (secondary N) is 1. The number of carbonyl (C=O) groups excluding carboxylic acids is 1. The summed E-state index contributed by atoms with van der Waals surface area (Å²) in [4.78, 5) is 14.4. The lowest BCUT2D eigenvalue weighted by Gasteiger charge is -2.35. The van der Waals surface area contributed by atoms with E-state index >= 15 is 0 Å². The van der Waals surface area contributed by atoms with Crippen molar-refractivity contribution in [2.24, 2.45) is 0 Å². The number of amides is 1. The molecule has 1 N–H and O–H groups in total. The molecule has 9 heteroatoms. The highest BCUT2D eigenvalue weighted by atomic mass is 35.5. The van der Waals surface area contributed by atoms with Crippen LogP contribution in [0.2, 0.25) is 5.02 Å². The molecule has 0 bridgehead atoms. The fourth-order valence-electron chi connectivity index (χ4n) is 3.95. The molecule has 1 aliphatic rings. The van der Waals surface area contributed by atoms with Crippen molar-refractivity contribution in [3.63, 3.8) is 0 Å². The third kappa shape index (κ3) is 6.76. The van der Waals surface area contributed by atoms with Crippen molar-refractivity contribution in [2.45, 2.75) is 49.3 Å². The van der Waals surface area contributed by atoms with Gasteiger partial charge in [-0.25, -0.2) is 12.8 Å². The van der Waals surface area contributed by atoms with Crippen LogP contribution in [0.5, 0.6) is 0 Å². The predicted molar refractivity (Wildman–Crippen MR) is 129 cm³/mol. The second-order valence-corrected chi connectivity index (χ2v) is 11.0. The Morgan fingerprint density at radius 1 is 1.06 bits per heavy atom. The van der Waals surface area contributed by atoms with Crippen LogP contribution in [0, 0.1) is 0 Å². The second-order valence-electron chi connectivity index (χ2n) is 8.63. The Morgan fingerprint density at radius 3 is 2.30 bits per heavy atom. The van der Waals surface area contributed by atoms with Crippen molar-refractivity contribution in [2.75, 3.05) is 27.2 Å². The van der Waals surface area contributed by atoms with Crippen LogP contribution in [0.3, 0.4) is 0 Å². The van der Waals surface area contributed by atoms with Gasteiger partial charge in [-0.2, -0.15) is 4.31 Å². The van der Waals surface area contributed by atoms with E-state index in [1.54, 1.807) is 24.3 Å². The standard InChI is InChI=1S/C24H31ClFN3O3S/c1-28(2)16-15-27-24(30)19-9-7-18(8-10-19)17-29(23-6-4-3-5-22(23)26)33(31,32)21-13-11-20(25)12-14-21/h7-14,22-23H,3-6,15-17H2,1-2H3,(H,27,30). The number of carbonyl (C=O) groups is 1. The van der Waals surface area contributed by atoms with Gasteiger partial charge >= 0.3 is 0 Å². The molecule has 0 heterocycles. The van der Waals surface area contributed by atoms with E-state index in [0.717, 1.165) is 19.4 Å². The molecule has 6 nitrogen and oxygen atoms in total. The lowest BCUT2D eigenvalue weighted by Crippen LogP contribution is -2.46. The van der Waals surface area contributed by atoms with E-state index in [2.05, 4.69) is 5.32 Å². The Hall–Kier alpha value is -2.00. The fourth-order valence-corrected chi connectivity index (χ4v) is 5.74. The Morgan fingerprint density at radius 2 is 1.70 bits per heavy atom. The molecule has 33 heavy (non-hydrogen) atoms. The average molecular weight is 496 g/mol. The quantitative estimate of drug-likeness (QED) is 0.568. The molecule has 2 aromatic rings. The summed E-state index contributed by atoms with van der Waals surface area (Å²) in [6, 6.07) is 12.0. The van der Waals surface area contributed by atoms with Gasteiger partial charge in [-0.1, -0.05) is 36.6 Å². The van der Waals surface area contributed by atoms with Crippen molar-refractivity contribution in [1.29, 1.82) is 0 Å². The van der Waals surface area contributed by atoms with Crippen LogP contribution in [-0.4, -0.2) is 62.9 Å². The van der Waals surface area contributed by atoms with E-state index in [1.165, 1.54) is 28.6 Å². The topological polar surface area (TPSA) is 69.7 Å². The number of halogens is 2. The summed E-state index contributed by atoms with van der Waals surface area (Å²) < 4.78 is 43.1. The number of benzene rings is 2. The van der Waals surface area contributed by atoms with Crippen LogP contribution in [0.25, 0.3) is 0 Å². The van der Waals surface area contributed by atoms with E-state index in [4.69, 9.17) is 11.6 Å². The zero-order valence-electron chi connectivity index (χ0n) is 19.0. The van der Waals surface area contributed by atoms with Crippen LogP contribution < -0.4 is 5.32 Å². The maximum Gasteiger partial charge on any atom is 0.251 e. The van der Waals surface area contributed by atoms with Gasteiger partial charge in [0, 0.05) is 30.2 Å². The van der Waals surface area contributed by atoms with Gasteiger partial charge in [0.25, 0.3) is 5.91 Å². The number of nitrogens with zero attached hydrogens (tertiary/aromatic N) is 2. The first-order valence-electron chi connectivity index (χ1n) is 11.1. The van der Waals surface area contributed by atoms with Gasteiger partial charge in [-0.05, 0) is 68.9 Å². The molecular weight excluding hydrogens is 465 g/mol. The molecule has 1 aliphatic carbocycles. The first-order chi connectivity index (χ1) is 15.7. The molecule has 1 fully saturated rings. The zero-order valence-corrected chi connectivity index (χ0v) is 20.6. The number of alkyl halides is 1. The minimum Gasteiger partial charge on any atom is -0.351 e. The molecule has 2 aromatic carbocycles. The average Bonchev–Trinajstić information content (AvgIpc) is 2.78. The summed E-state index contributed by atoms with van der Waals surface area (Å²) in [7, 11) is -0.0851. The first-order valence-corrected chi connectivity index (χ1v) is 12.9. The summed E-state index contributed by atoms with van der Waals surface area (Å²) in [6.07, 6.45) is 1.14. The molecule has 0 aromatic heterocycles. The minimum atomic E-state index is -3.94. The van der Waals surface area contributed by atoms with Gasteiger partial charge in [0.05, 0.1) is 10.9 Å². The number of sulfonamides is 1. The first kappa shape index (κ1) is 25.6. The van der Waals surface area contributed by atoms with Gasteiger partial charge in [0.2, 0.25) is 10.0 Å². The highest BCUT2D eigenvalue weighted by Crippen LogP contribution is 2.31. The Balaban J connectivity index is 1.81. The largest absolute Gasteiger partial charge is 0.351 e. The summed E-state index contributed by atoms with van der Waals surface area (Å²) in [5, 5.41) is 3.28. The second kappa shape index (κ2) is 11.4. The van der Waals surface area contributed by atoms with Crippen LogP contribution in [0.15, 0.2) is 53.4 Å². The number of hydrogen-bond donors (Lipinski definition) is 1. The molecule has 0 saturated heterocycles. The van der Waals surface area contributed by atoms with Crippen molar-refractivity contribution in [1.82, 2.24) is 14.5 Å². The third-order valence-corrected chi connectivity index (χ3v) is 7.97. The highest BCUT2D eigenvalue weighted by Gasteiger charge is 2.38. The van der Waals surface area contributed by atoms with Crippen molar-refractivity contribution in [3.05, 3.63) is 64.7 Å². The third-order valence-electron chi connectivity index (χ3n) is 5.84. The Labute approximate surface area is 200 Å². The summed E-state index contributed by atoms with van der Waals surface area (Å²) in [6.45, 7) is 1.28. The molecular formula is C24H31ClFN3O3S. The van der Waals surface area contributed by atoms with Crippen molar-refractivity contribution in [3.8, 4) is 0 Å². The zero-order chi connectivity index (χ0) is 24.0. The smallest absolute Gasteiger partial charge is 0.251 e. The van der Waals surface area contributed by atoms with Gasteiger partial charge < -0.3 is 10.2 Å². The van der Waals surface area contributed by atoms with Crippen LogP contribution in [0.4, 0.5) is 4.39 Å². The maximum atomic E-state index is 14.9. The number of rotatable bonds is 9. The maximum absolute atomic E-state index is 14.9. The van der Waals surface area contributed by atoms with Crippen LogP contribution in [-0.2, 0) is 16.6 Å². The van der Waals surface area contributed by atoms with E-state index in [9.17, 15) is 17.6 Å². The van der Waals surface area contributed by atoms with Gasteiger partial charge in [0.15, 0.2) is 0 Å². The minimum absolute atomic E-state index is 0.0264. The number of likely N-dealkylation sites (N-methyl/N-ethyl adjacent to an activating group) is 1. The molecule has 0 aliphatic heterocycles. The molecule has 0 radical (unpaired) electrons. The predicted octanol–water partition coefficient (Wildman–Crippen LogP) is 4.10. The van der Waals surface area contributed by atoms with E-state index in [0.29, 0.717) is 35.5 Å². The van der Waals surface area contributed by atoms with Gasteiger partial charge in [0.1, 0.15) is 6.17 Å². The van der Waals surface area contributed by atoms with Gasteiger partial charge in [-0.3, -0.25) is 4.79 Å². The van der Waals surface area contributed by atoms with E-state index in [1.807, 2.05) is 19.0 Å². The van der Waals surface area contributed by atoms with E-state index in [-0.39, 0.29) is 17.3 Å².